The highest BCUT2D eigenvalue weighted by atomic mass is 16.5. The summed E-state index contributed by atoms with van der Waals surface area (Å²) in [6.07, 6.45) is 7.99. The van der Waals surface area contributed by atoms with E-state index in [0.29, 0.717) is 5.41 Å². The van der Waals surface area contributed by atoms with E-state index in [-0.39, 0.29) is 0 Å². The number of rotatable bonds is 3. The lowest BCUT2D eigenvalue weighted by molar-refractivity contribution is 0.00130. The molecule has 0 aromatic heterocycles. The van der Waals surface area contributed by atoms with Crippen LogP contribution in [0.3, 0.4) is 0 Å². The summed E-state index contributed by atoms with van der Waals surface area (Å²) >= 11 is 0. The van der Waals surface area contributed by atoms with Gasteiger partial charge in [-0.05, 0) is 31.2 Å². The highest BCUT2D eigenvalue weighted by molar-refractivity contribution is 4.94. The Balaban J connectivity index is 1.91. The van der Waals surface area contributed by atoms with E-state index in [9.17, 15) is 0 Å². The van der Waals surface area contributed by atoms with Crippen molar-refractivity contribution in [3.63, 3.8) is 0 Å². The maximum atomic E-state index is 5.96. The average Bonchev–Trinajstić information content (AvgIpc) is 2.32. The Morgan fingerprint density at radius 2 is 2.07 bits per heavy atom. The molecule has 1 saturated heterocycles. The van der Waals surface area contributed by atoms with Gasteiger partial charge in [0.05, 0.1) is 0 Å². The Kier molecular flexibility index (Phi) is 3.78. The second-order valence-electron chi connectivity index (χ2n) is 4.81. The van der Waals surface area contributed by atoms with Crippen LogP contribution >= 0.6 is 0 Å². The third-order valence-electron chi connectivity index (χ3n) is 3.69. The first-order valence-electron chi connectivity index (χ1n) is 6.00. The monoisotopic (exact) mass is 210 g/mol. The first-order chi connectivity index (χ1) is 7.35. The quantitative estimate of drug-likeness (QED) is 0.706. The maximum absolute atomic E-state index is 5.96. The lowest BCUT2D eigenvalue weighted by Crippen LogP contribution is -2.46. The van der Waals surface area contributed by atoms with Gasteiger partial charge in [-0.1, -0.05) is 12.2 Å². The molecule has 3 nitrogen and oxygen atoms in total. The molecule has 2 rings (SSSR count). The molecule has 0 bridgehead atoms. The number of hydrogen-bond acceptors (Lipinski definition) is 3. The number of nitrogens with two attached hydrogens (primary N) is 1. The summed E-state index contributed by atoms with van der Waals surface area (Å²) in [6, 6.07) is 0. The molecular formula is C12H22N2O. The SMILES string of the molecule is NCC1(CN2CC=CCC2)CCOCC1. The van der Waals surface area contributed by atoms with Gasteiger partial charge in [-0.3, -0.25) is 4.90 Å². The minimum absolute atomic E-state index is 0.323. The normalized spacial score (nSPS) is 26.7. The summed E-state index contributed by atoms with van der Waals surface area (Å²) in [5.41, 5.74) is 6.28. The minimum Gasteiger partial charge on any atom is -0.381 e. The van der Waals surface area contributed by atoms with Crippen LogP contribution in [0.2, 0.25) is 0 Å². The first kappa shape index (κ1) is 11.1. The fraction of sp³-hybridized carbons (Fsp3) is 0.833. The van der Waals surface area contributed by atoms with E-state index in [2.05, 4.69) is 17.1 Å². The second-order valence-corrected chi connectivity index (χ2v) is 4.81. The third-order valence-corrected chi connectivity index (χ3v) is 3.69. The van der Waals surface area contributed by atoms with Crippen molar-refractivity contribution in [3.8, 4) is 0 Å². The highest BCUT2D eigenvalue weighted by Crippen LogP contribution is 2.30. The summed E-state index contributed by atoms with van der Waals surface area (Å²) < 4.78 is 5.43. The summed E-state index contributed by atoms with van der Waals surface area (Å²) in [5, 5.41) is 0. The minimum atomic E-state index is 0.323. The molecule has 2 heterocycles. The standard InChI is InChI=1S/C12H22N2O/c13-10-12(4-8-15-9-5-12)11-14-6-2-1-3-7-14/h1-2H,3-11,13H2. The van der Waals surface area contributed by atoms with Crippen LogP contribution < -0.4 is 5.73 Å². The Labute approximate surface area is 92.3 Å². The number of hydrogen-bond donors (Lipinski definition) is 1. The van der Waals surface area contributed by atoms with Crippen LogP contribution in [0.25, 0.3) is 0 Å². The van der Waals surface area contributed by atoms with Gasteiger partial charge in [0.2, 0.25) is 0 Å². The van der Waals surface area contributed by atoms with E-state index in [4.69, 9.17) is 10.5 Å². The van der Waals surface area contributed by atoms with Gasteiger partial charge in [-0.2, -0.15) is 0 Å². The van der Waals surface area contributed by atoms with Crippen molar-refractivity contribution in [2.75, 3.05) is 39.4 Å². The van der Waals surface area contributed by atoms with Crippen molar-refractivity contribution in [2.24, 2.45) is 11.1 Å². The predicted octanol–water partition coefficient (Wildman–Crippen LogP) is 1.00. The molecule has 3 heteroatoms. The number of nitrogens with zero attached hydrogens (tertiary/aromatic N) is 1. The molecule has 2 aliphatic heterocycles. The predicted molar refractivity (Wildman–Crippen MR) is 61.7 cm³/mol. The van der Waals surface area contributed by atoms with Crippen LogP contribution in [0.4, 0.5) is 0 Å². The van der Waals surface area contributed by atoms with Crippen LogP contribution in [0.15, 0.2) is 12.2 Å². The van der Waals surface area contributed by atoms with Gasteiger partial charge in [-0.25, -0.2) is 0 Å². The molecule has 0 aromatic rings. The van der Waals surface area contributed by atoms with Crippen molar-refractivity contribution < 1.29 is 4.74 Å². The third kappa shape index (κ3) is 2.80. The molecule has 0 atom stereocenters. The highest BCUT2D eigenvalue weighted by Gasteiger charge is 2.32. The number of ether oxygens (including phenoxy) is 1. The van der Waals surface area contributed by atoms with Crippen molar-refractivity contribution in [1.29, 1.82) is 0 Å². The fourth-order valence-electron chi connectivity index (χ4n) is 2.54. The Morgan fingerprint density at radius 1 is 1.27 bits per heavy atom. The topological polar surface area (TPSA) is 38.5 Å². The Morgan fingerprint density at radius 3 is 2.67 bits per heavy atom. The average molecular weight is 210 g/mol. The van der Waals surface area contributed by atoms with Crippen molar-refractivity contribution in [2.45, 2.75) is 19.3 Å². The van der Waals surface area contributed by atoms with E-state index in [1.54, 1.807) is 0 Å². The molecule has 0 amide bonds. The zero-order valence-corrected chi connectivity index (χ0v) is 9.45. The van der Waals surface area contributed by atoms with E-state index >= 15 is 0 Å². The van der Waals surface area contributed by atoms with Crippen LogP contribution in [-0.4, -0.2) is 44.3 Å². The molecular weight excluding hydrogens is 188 g/mol. The molecule has 2 N–H and O–H groups in total. The van der Waals surface area contributed by atoms with E-state index in [1.165, 1.54) is 13.0 Å². The zero-order chi connectivity index (χ0) is 10.6. The summed E-state index contributed by atoms with van der Waals surface area (Å²) in [4.78, 5) is 2.53. The molecule has 0 saturated carbocycles. The zero-order valence-electron chi connectivity index (χ0n) is 9.45. The van der Waals surface area contributed by atoms with E-state index in [1.807, 2.05) is 0 Å². The molecule has 0 aromatic carbocycles. The molecule has 15 heavy (non-hydrogen) atoms. The van der Waals surface area contributed by atoms with Crippen LogP contribution in [0.1, 0.15) is 19.3 Å². The van der Waals surface area contributed by atoms with Gasteiger partial charge in [0, 0.05) is 32.8 Å². The van der Waals surface area contributed by atoms with Crippen molar-refractivity contribution in [3.05, 3.63) is 12.2 Å². The molecule has 0 spiro atoms. The first-order valence-corrected chi connectivity index (χ1v) is 6.00. The van der Waals surface area contributed by atoms with Crippen molar-refractivity contribution in [1.82, 2.24) is 4.90 Å². The largest absolute Gasteiger partial charge is 0.381 e. The van der Waals surface area contributed by atoms with Gasteiger partial charge in [0.1, 0.15) is 0 Å². The molecule has 0 radical (unpaired) electrons. The van der Waals surface area contributed by atoms with Crippen molar-refractivity contribution >= 4 is 0 Å². The summed E-state index contributed by atoms with van der Waals surface area (Å²) in [6.45, 7) is 6.03. The summed E-state index contributed by atoms with van der Waals surface area (Å²) in [7, 11) is 0. The van der Waals surface area contributed by atoms with Gasteiger partial charge < -0.3 is 10.5 Å². The van der Waals surface area contributed by atoms with Crippen LogP contribution in [-0.2, 0) is 4.74 Å². The van der Waals surface area contributed by atoms with Gasteiger partial charge in [0.15, 0.2) is 0 Å². The molecule has 1 fully saturated rings. The fourth-order valence-corrected chi connectivity index (χ4v) is 2.54. The Bertz CT molecular complexity index is 222. The smallest absolute Gasteiger partial charge is 0.0472 e. The van der Waals surface area contributed by atoms with Crippen LogP contribution in [0.5, 0.6) is 0 Å². The lowest BCUT2D eigenvalue weighted by atomic mass is 9.79. The van der Waals surface area contributed by atoms with E-state index < -0.39 is 0 Å². The maximum Gasteiger partial charge on any atom is 0.0472 e. The lowest BCUT2D eigenvalue weighted by Gasteiger charge is -2.40. The van der Waals surface area contributed by atoms with Gasteiger partial charge >= 0.3 is 0 Å². The van der Waals surface area contributed by atoms with Gasteiger partial charge in [0.25, 0.3) is 0 Å². The van der Waals surface area contributed by atoms with Crippen LogP contribution in [0, 0.1) is 5.41 Å². The molecule has 0 aliphatic carbocycles. The second kappa shape index (κ2) is 5.10. The molecule has 2 aliphatic rings. The molecule has 0 unspecified atom stereocenters. The van der Waals surface area contributed by atoms with Gasteiger partial charge in [-0.15, -0.1) is 0 Å². The summed E-state index contributed by atoms with van der Waals surface area (Å²) in [5.74, 6) is 0. The molecule has 86 valence electrons. The van der Waals surface area contributed by atoms with E-state index in [0.717, 1.165) is 45.7 Å². The Hall–Kier alpha value is -0.380.